The number of terminal acetylenes is 1. The van der Waals surface area contributed by atoms with Crippen LogP contribution in [0, 0.1) is 12.3 Å². The average Bonchev–Trinajstić information content (AvgIpc) is 2.77. The fraction of sp³-hybridized carbons (Fsp3) is 0.556. The van der Waals surface area contributed by atoms with E-state index in [1.165, 1.54) is 31.4 Å². The first-order valence-electron chi connectivity index (χ1n) is 11.6. The number of ether oxygens (including phenoxy) is 1. The molecule has 0 bridgehead atoms. The van der Waals surface area contributed by atoms with Crippen LogP contribution in [0.4, 0.5) is 0 Å². The maximum Gasteiger partial charge on any atom is 0.302 e. The molecule has 0 aliphatic heterocycles. The van der Waals surface area contributed by atoms with Gasteiger partial charge in [-0.15, -0.1) is 12.3 Å². The highest BCUT2D eigenvalue weighted by molar-refractivity contribution is 5.87. The summed E-state index contributed by atoms with van der Waals surface area (Å²) in [5.74, 6) is 1.93. The number of allylic oxidation sites excluding steroid dienone is 7. The van der Waals surface area contributed by atoms with Crippen molar-refractivity contribution in [2.24, 2.45) is 0 Å². The van der Waals surface area contributed by atoms with Gasteiger partial charge in [0.05, 0.1) is 12.6 Å². The van der Waals surface area contributed by atoms with Crippen molar-refractivity contribution in [2.45, 2.75) is 84.1 Å². The van der Waals surface area contributed by atoms with Crippen LogP contribution in [0.2, 0.25) is 0 Å². The number of nitrogens with one attached hydrogen (secondary N) is 1. The molecule has 2 N–H and O–H groups in total. The molecular weight excluding hydrogens is 402 g/mol. The Morgan fingerprint density at radius 3 is 2.44 bits per heavy atom. The second-order valence-corrected chi connectivity index (χ2v) is 7.78. The largest absolute Gasteiger partial charge is 0.464 e. The molecule has 1 atom stereocenters. The Bertz CT molecular complexity index is 668. The Labute approximate surface area is 194 Å². The van der Waals surface area contributed by atoms with Gasteiger partial charge in [0.1, 0.15) is 6.61 Å². The van der Waals surface area contributed by atoms with E-state index in [9.17, 15) is 14.7 Å². The lowest BCUT2D eigenvalue weighted by atomic mass is 10.1. The van der Waals surface area contributed by atoms with Gasteiger partial charge in [-0.05, 0) is 64.4 Å². The summed E-state index contributed by atoms with van der Waals surface area (Å²) in [6.45, 7) is 3.15. The highest BCUT2D eigenvalue weighted by Crippen LogP contribution is 2.10. The third-order valence-electron chi connectivity index (χ3n) is 4.64. The van der Waals surface area contributed by atoms with Crippen LogP contribution in [0.3, 0.4) is 0 Å². The maximum absolute atomic E-state index is 11.8. The maximum atomic E-state index is 11.8. The van der Waals surface area contributed by atoms with Crippen LogP contribution < -0.4 is 5.32 Å². The summed E-state index contributed by atoms with van der Waals surface area (Å²) >= 11 is 0. The van der Waals surface area contributed by atoms with Gasteiger partial charge in [-0.1, -0.05) is 48.5 Å². The summed E-state index contributed by atoms with van der Waals surface area (Å²) < 4.78 is 4.78. The van der Waals surface area contributed by atoms with Crippen LogP contribution >= 0.6 is 0 Å². The number of aliphatic hydroxyl groups is 1. The summed E-state index contributed by atoms with van der Waals surface area (Å²) in [6.07, 6.45) is 29.8. The number of esters is 1. The molecule has 0 saturated carbocycles. The van der Waals surface area contributed by atoms with Crippen LogP contribution in [0.25, 0.3) is 0 Å². The molecule has 5 heteroatoms. The number of aliphatic hydroxyl groups excluding tert-OH is 1. The SMILES string of the molecule is C#CCCCCC/C(C)=C/C=C/CCC/C=C/CC/C=C/C(=O)NC(CO)COC(C)=O. The van der Waals surface area contributed by atoms with Crippen LogP contribution in [0.15, 0.2) is 48.1 Å². The lowest BCUT2D eigenvalue weighted by Gasteiger charge is -2.14. The Balaban J connectivity index is 3.77. The Morgan fingerprint density at radius 2 is 1.72 bits per heavy atom. The van der Waals surface area contributed by atoms with Crippen molar-refractivity contribution in [2.75, 3.05) is 13.2 Å². The van der Waals surface area contributed by atoms with Gasteiger partial charge in [0.15, 0.2) is 0 Å². The predicted molar refractivity (Wildman–Crippen MR) is 132 cm³/mol. The first-order chi connectivity index (χ1) is 15.5. The van der Waals surface area contributed by atoms with Gasteiger partial charge >= 0.3 is 5.97 Å². The molecule has 5 nitrogen and oxygen atoms in total. The summed E-state index contributed by atoms with van der Waals surface area (Å²) in [5.41, 5.74) is 1.42. The third kappa shape index (κ3) is 20.7. The van der Waals surface area contributed by atoms with Gasteiger partial charge in [-0.2, -0.15) is 0 Å². The van der Waals surface area contributed by atoms with Crippen LogP contribution in [0.5, 0.6) is 0 Å². The normalized spacial score (nSPS) is 13.0. The highest BCUT2D eigenvalue weighted by atomic mass is 16.5. The lowest BCUT2D eigenvalue weighted by Crippen LogP contribution is -2.40. The minimum atomic E-state index is -0.589. The zero-order chi connectivity index (χ0) is 23.9. The van der Waals surface area contributed by atoms with Crippen molar-refractivity contribution in [1.29, 1.82) is 0 Å². The fourth-order valence-electron chi connectivity index (χ4n) is 2.80. The molecule has 0 aliphatic carbocycles. The summed E-state index contributed by atoms with van der Waals surface area (Å²) in [6, 6.07) is -0.589. The van der Waals surface area contributed by atoms with E-state index in [0.717, 1.165) is 51.4 Å². The third-order valence-corrected chi connectivity index (χ3v) is 4.64. The van der Waals surface area contributed by atoms with Crippen LogP contribution in [0.1, 0.15) is 78.1 Å². The number of hydrogen-bond donors (Lipinski definition) is 2. The Morgan fingerprint density at radius 1 is 1.00 bits per heavy atom. The molecule has 1 unspecified atom stereocenters. The predicted octanol–water partition coefficient (Wildman–Crippen LogP) is 5.18. The second kappa shape index (κ2) is 21.6. The Hall–Kier alpha value is -2.58. The first kappa shape index (κ1) is 29.4. The van der Waals surface area contributed by atoms with Gasteiger partial charge in [-0.3, -0.25) is 9.59 Å². The molecule has 0 spiro atoms. The van der Waals surface area contributed by atoms with Gasteiger partial charge in [0.25, 0.3) is 0 Å². The standard InChI is InChI=1S/C27H41NO4/c1-4-5-6-13-16-19-24(2)20-17-14-11-9-7-8-10-12-15-18-21-27(31)28-26(22-29)23-32-25(3)30/h1,8,10,14,17-18,20-21,26,29H,5-7,9,11-13,15-16,19,22-23H2,2-3H3,(H,28,31)/b10-8+,17-14+,21-18+,24-20+. The van der Waals surface area contributed by atoms with E-state index in [0.29, 0.717) is 0 Å². The van der Waals surface area contributed by atoms with Gasteiger partial charge in [0.2, 0.25) is 5.91 Å². The zero-order valence-corrected chi connectivity index (χ0v) is 19.9. The topological polar surface area (TPSA) is 75.6 Å². The van der Waals surface area contributed by atoms with E-state index in [1.807, 2.05) is 0 Å². The molecule has 0 radical (unpaired) electrons. The lowest BCUT2D eigenvalue weighted by molar-refractivity contribution is -0.142. The van der Waals surface area contributed by atoms with Crippen molar-refractivity contribution in [3.8, 4) is 12.3 Å². The van der Waals surface area contributed by atoms with E-state index in [-0.39, 0.29) is 19.1 Å². The van der Waals surface area contributed by atoms with Gasteiger partial charge < -0.3 is 15.2 Å². The van der Waals surface area contributed by atoms with Crippen molar-refractivity contribution < 1.29 is 19.4 Å². The van der Waals surface area contributed by atoms with Crippen molar-refractivity contribution in [3.05, 3.63) is 48.1 Å². The second-order valence-electron chi connectivity index (χ2n) is 7.78. The van der Waals surface area contributed by atoms with E-state index >= 15 is 0 Å². The molecule has 32 heavy (non-hydrogen) atoms. The first-order valence-corrected chi connectivity index (χ1v) is 11.6. The molecule has 0 aromatic heterocycles. The number of hydrogen-bond acceptors (Lipinski definition) is 4. The average molecular weight is 444 g/mol. The van der Waals surface area contributed by atoms with Crippen molar-refractivity contribution in [1.82, 2.24) is 5.32 Å². The zero-order valence-electron chi connectivity index (χ0n) is 19.9. The van der Waals surface area contributed by atoms with E-state index in [4.69, 9.17) is 11.2 Å². The minimum Gasteiger partial charge on any atom is -0.464 e. The van der Waals surface area contributed by atoms with E-state index in [1.54, 1.807) is 6.08 Å². The molecule has 0 aromatic rings. The molecule has 0 fully saturated rings. The molecule has 0 saturated heterocycles. The molecule has 178 valence electrons. The minimum absolute atomic E-state index is 0.0348. The molecule has 0 aliphatic rings. The number of carbonyl (C=O) groups excluding carboxylic acids is 2. The highest BCUT2D eigenvalue weighted by Gasteiger charge is 2.10. The summed E-state index contributed by atoms with van der Waals surface area (Å²) in [5, 5.41) is 11.8. The van der Waals surface area contributed by atoms with Crippen molar-refractivity contribution in [3.63, 3.8) is 0 Å². The number of unbranched alkanes of at least 4 members (excludes halogenated alkanes) is 6. The van der Waals surface area contributed by atoms with E-state index in [2.05, 4.69) is 48.5 Å². The summed E-state index contributed by atoms with van der Waals surface area (Å²) in [7, 11) is 0. The quantitative estimate of drug-likeness (QED) is 0.0765. The molecule has 0 heterocycles. The molecule has 0 aromatic carbocycles. The fourth-order valence-corrected chi connectivity index (χ4v) is 2.80. The monoisotopic (exact) mass is 443 g/mol. The van der Waals surface area contributed by atoms with Gasteiger partial charge in [0, 0.05) is 13.3 Å². The molecule has 0 rings (SSSR count). The van der Waals surface area contributed by atoms with E-state index < -0.39 is 12.0 Å². The van der Waals surface area contributed by atoms with Crippen molar-refractivity contribution >= 4 is 11.9 Å². The van der Waals surface area contributed by atoms with Crippen LogP contribution in [-0.4, -0.2) is 36.2 Å². The number of rotatable bonds is 18. The smallest absolute Gasteiger partial charge is 0.302 e. The summed E-state index contributed by atoms with van der Waals surface area (Å²) in [4.78, 5) is 22.5. The van der Waals surface area contributed by atoms with Gasteiger partial charge in [-0.25, -0.2) is 0 Å². The number of carbonyl (C=O) groups is 2. The number of amides is 1. The van der Waals surface area contributed by atoms with Crippen LogP contribution in [-0.2, 0) is 14.3 Å². The molecule has 1 amide bonds. The molecular formula is C27H41NO4. The Kier molecular flexibility index (Phi) is 19.9.